The molecule has 42 heavy (non-hydrogen) atoms. The number of nitrogens with one attached hydrogen (secondary N) is 2. The van der Waals surface area contributed by atoms with Crippen molar-refractivity contribution < 1.29 is 14.3 Å². The number of unbranched alkanes of at least 4 members (excludes halogenated alkanes) is 9. The molecule has 2 aromatic carbocycles. The second kappa shape index (κ2) is 16.8. The summed E-state index contributed by atoms with van der Waals surface area (Å²) >= 11 is 2.50. The van der Waals surface area contributed by atoms with Crippen LogP contribution in [0.5, 0.6) is 11.5 Å². The van der Waals surface area contributed by atoms with Crippen LogP contribution in [0.25, 0.3) is 23.5 Å². The van der Waals surface area contributed by atoms with E-state index < -0.39 is 0 Å². The number of halogens is 1. The van der Waals surface area contributed by atoms with E-state index in [4.69, 9.17) is 9.47 Å². The first-order valence-corrected chi connectivity index (χ1v) is 17.1. The average Bonchev–Trinajstić information content (AvgIpc) is 3.53. The van der Waals surface area contributed by atoms with Crippen LogP contribution in [0.4, 0.5) is 0 Å². The molecule has 1 aliphatic heterocycles. The molecular formula is C36H47IN2O3. The molecule has 0 spiro atoms. The molecule has 1 aromatic heterocycles. The van der Waals surface area contributed by atoms with Gasteiger partial charge in [-0.1, -0.05) is 107 Å². The molecule has 4 rings (SSSR count). The lowest BCUT2D eigenvalue weighted by Crippen LogP contribution is -2.25. The smallest absolute Gasteiger partial charge is 0.258 e. The fourth-order valence-electron chi connectivity index (χ4n) is 5.47. The zero-order valence-electron chi connectivity index (χ0n) is 25.4. The van der Waals surface area contributed by atoms with Gasteiger partial charge in [0.25, 0.3) is 5.91 Å². The van der Waals surface area contributed by atoms with E-state index in [0.29, 0.717) is 16.1 Å². The lowest BCUT2D eigenvalue weighted by Gasteiger charge is -2.12. The van der Waals surface area contributed by atoms with Crippen molar-refractivity contribution in [3.8, 4) is 22.8 Å². The lowest BCUT2D eigenvalue weighted by atomic mass is 10.1. The number of benzene rings is 2. The van der Waals surface area contributed by atoms with Crippen LogP contribution in [0.2, 0.25) is 0 Å². The summed E-state index contributed by atoms with van der Waals surface area (Å²) in [7, 11) is 0. The van der Waals surface area contributed by atoms with Crippen molar-refractivity contribution in [1.82, 2.24) is 10.3 Å². The van der Waals surface area contributed by atoms with Crippen LogP contribution < -0.4 is 25.4 Å². The number of alkyl halides is 1. The maximum atomic E-state index is 13.2. The molecule has 5 nitrogen and oxygen atoms in total. The molecule has 0 saturated carbocycles. The molecule has 0 fully saturated rings. The quantitative estimate of drug-likeness (QED) is 0.0761. The number of aromatic nitrogens is 1. The molecule has 1 atom stereocenters. The summed E-state index contributed by atoms with van der Waals surface area (Å²) in [5.74, 6) is 1.58. The number of hydrogen-bond donors (Lipinski definition) is 2. The van der Waals surface area contributed by atoms with Gasteiger partial charge < -0.3 is 19.8 Å². The predicted molar refractivity (Wildman–Crippen MR) is 183 cm³/mol. The number of carbonyl (C=O) groups is 1. The van der Waals surface area contributed by atoms with Crippen LogP contribution in [-0.2, 0) is 0 Å². The first-order valence-electron chi connectivity index (χ1n) is 15.9. The zero-order chi connectivity index (χ0) is 29.7. The van der Waals surface area contributed by atoms with E-state index in [2.05, 4.69) is 53.3 Å². The minimum Gasteiger partial charge on any atom is -0.494 e. The van der Waals surface area contributed by atoms with E-state index in [-0.39, 0.29) is 5.91 Å². The van der Waals surface area contributed by atoms with Crippen molar-refractivity contribution >= 4 is 40.8 Å². The zero-order valence-corrected chi connectivity index (χ0v) is 27.6. The van der Waals surface area contributed by atoms with Gasteiger partial charge in [0.15, 0.2) is 0 Å². The molecule has 2 heterocycles. The van der Waals surface area contributed by atoms with E-state index in [1.54, 1.807) is 0 Å². The molecular weight excluding hydrogens is 635 g/mol. The summed E-state index contributed by atoms with van der Waals surface area (Å²) in [4.78, 5) is 16.5. The van der Waals surface area contributed by atoms with Crippen LogP contribution >= 0.6 is 22.6 Å². The second-order valence-electron chi connectivity index (χ2n) is 11.3. The van der Waals surface area contributed by atoms with Crippen molar-refractivity contribution in [3.63, 3.8) is 0 Å². The summed E-state index contributed by atoms with van der Waals surface area (Å²) in [5, 5.41) is 4.65. The maximum absolute atomic E-state index is 13.2. The SMILES string of the molecule is C=c1[nH]c(-c2ccc(OCC(I)CCCCCCC)cc2)c2c1=C(c1ccc(OCCCCCCCC)cc1)NC2=O. The summed E-state index contributed by atoms with van der Waals surface area (Å²) in [6.07, 6.45) is 15.2. The molecule has 1 amide bonds. The predicted octanol–water partition coefficient (Wildman–Crippen LogP) is 8.27. The van der Waals surface area contributed by atoms with E-state index in [1.807, 2.05) is 48.5 Å². The maximum Gasteiger partial charge on any atom is 0.258 e. The van der Waals surface area contributed by atoms with Crippen molar-refractivity contribution in [1.29, 1.82) is 0 Å². The number of hydrogen-bond acceptors (Lipinski definition) is 3. The number of rotatable bonds is 19. The molecule has 1 aliphatic rings. The molecule has 1 unspecified atom stereocenters. The Hall–Kier alpha value is -2.74. The third kappa shape index (κ3) is 8.88. The molecule has 6 heteroatoms. The Balaban J connectivity index is 1.37. The Labute approximate surface area is 265 Å². The van der Waals surface area contributed by atoms with Crippen molar-refractivity contribution in [2.24, 2.45) is 0 Å². The minimum atomic E-state index is -0.114. The van der Waals surface area contributed by atoms with Crippen LogP contribution in [0, 0.1) is 0 Å². The van der Waals surface area contributed by atoms with Gasteiger partial charge >= 0.3 is 0 Å². The first kappa shape index (κ1) is 32.2. The molecule has 0 aliphatic carbocycles. The third-order valence-corrected chi connectivity index (χ3v) is 8.88. The Morgan fingerprint density at radius 1 is 0.762 bits per heavy atom. The van der Waals surface area contributed by atoms with Crippen molar-refractivity contribution in [2.45, 2.75) is 94.8 Å². The van der Waals surface area contributed by atoms with Crippen LogP contribution in [0.3, 0.4) is 0 Å². The van der Waals surface area contributed by atoms with Gasteiger partial charge in [0.1, 0.15) is 11.5 Å². The standard InChI is InChI=1S/C36H47IN2O3/c1-4-6-8-10-12-14-24-41-30-20-16-27(17-21-30)34-32-26(3)38-35(33(32)36(40)39-34)28-18-22-31(23-19-28)42-25-29(37)15-13-11-9-7-5-2/h16-23,29,38H,3-15,24-25H2,1-2H3,(H,39,40). The van der Waals surface area contributed by atoms with Gasteiger partial charge in [0.05, 0.1) is 30.2 Å². The Bertz CT molecular complexity index is 1380. The van der Waals surface area contributed by atoms with Crippen molar-refractivity contribution in [2.75, 3.05) is 13.2 Å². The highest BCUT2D eigenvalue weighted by Crippen LogP contribution is 2.26. The van der Waals surface area contributed by atoms with E-state index in [1.165, 1.54) is 70.6 Å². The van der Waals surface area contributed by atoms with Crippen LogP contribution in [-0.4, -0.2) is 28.0 Å². The fourth-order valence-corrected chi connectivity index (χ4v) is 6.09. The third-order valence-electron chi connectivity index (χ3n) is 7.90. The highest BCUT2D eigenvalue weighted by atomic mass is 127. The summed E-state index contributed by atoms with van der Waals surface area (Å²) in [5.41, 5.74) is 4.08. The van der Waals surface area contributed by atoms with Crippen LogP contribution in [0.1, 0.15) is 107 Å². The molecule has 226 valence electrons. The van der Waals surface area contributed by atoms with Gasteiger partial charge in [-0.3, -0.25) is 4.79 Å². The molecule has 0 saturated heterocycles. The highest BCUT2D eigenvalue weighted by molar-refractivity contribution is 14.1. The van der Waals surface area contributed by atoms with Crippen molar-refractivity contribution in [3.05, 3.63) is 70.2 Å². The second-order valence-corrected chi connectivity index (χ2v) is 13.1. The molecule has 3 aromatic rings. The first-order chi connectivity index (χ1) is 20.5. The van der Waals surface area contributed by atoms with E-state index in [9.17, 15) is 4.79 Å². The lowest BCUT2D eigenvalue weighted by molar-refractivity contribution is 0.0979. The minimum absolute atomic E-state index is 0.114. The number of H-pyrrole nitrogens is 1. The van der Waals surface area contributed by atoms with Gasteiger partial charge in [-0.2, -0.15) is 0 Å². The van der Waals surface area contributed by atoms with Gasteiger partial charge in [0.2, 0.25) is 0 Å². The van der Waals surface area contributed by atoms with E-state index >= 15 is 0 Å². The van der Waals surface area contributed by atoms with Crippen LogP contribution in [0.15, 0.2) is 48.5 Å². The Kier molecular flexibility index (Phi) is 12.9. The fraction of sp³-hybridized carbons (Fsp3) is 0.472. The Morgan fingerprint density at radius 2 is 1.33 bits per heavy atom. The number of amides is 1. The van der Waals surface area contributed by atoms with Gasteiger partial charge in [-0.15, -0.1) is 0 Å². The largest absolute Gasteiger partial charge is 0.494 e. The average molecular weight is 683 g/mol. The molecule has 0 radical (unpaired) electrons. The van der Waals surface area contributed by atoms with Gasteiger partial charge in [0, 0.05) is 14.5 Å². The molecule has 2 N–H and O–H groups in total. The number of aromatic amines is 1. The summed E-state index contributed by atoms with van der Waals surface area (Å²) in [6, 6.07) is 16.0. The topological polar surface area (TPSA) is 63.4 Å². The normalized spacial score (nSPS) is 13.2. The Morgan fingerprint density at radius 3 is 2.00 bits per heavy atom. The van der Waals surface area contributed by atoms with Gasteiger partial charge in [-0.25, -0.2) is 0 Å². The number of carbonyl (C=O) groups excluding carboxylic acids is 1. The van der Waals surface area contributed by atoms with Gasteiger partial charge in [-0.05, 0) is 72.5 Å². The molecule has 0 bridgehead atoms. The summed E-state index contributed by atoms with van der Waals surface area (Å²) in [6.45, 7) is 10.2. The van der Waals surface area contributed by atoms with E-state index in [0.717, 1.165) is 57.6 Å². The monoisotopic (exact) mass is 682 g/mol. The number of ether oxygens (including phenoxy) is 2. The summed E-state index contributed by atoms with van der Waals surface area (Å²) < 4.78 is 12.5. The number of fused-ring (bicyclic) bond motifs is 1. The highest BCUT2D eigenvalue weighted by Gasteiger charge is 2.27.